The highest BCUT2D eigenvalue weighted by Gasteiger charge is 2.18. The summed E-state index contributed by atoms with van der Waals surface area (Å²) in [4.78, 5) is 12.5. The lowest BCUT2D eigenvalue weighted by Gasteiger charge is -2.18. The maximum atomic E-state index is 12.5. The number of aryl methyl sites for hydroxylation is 1. The van der Waals surface area contributed by atoms with Gasteiger partial charge in [0.1, 0.15) is 18.1 Å². The number of benzene rings is 2. The van der Waals surface area contributed by atoms with Crippen molar-refractivity contribution >= 4 is 34.8 Å². The zero-order valence-corrected chi connectivity index (χ0v) is 16.4. The van der Waals surface area contributed by atoms with Gasteiger partial charge in [0.2, 0.25) is 0 Å². The molecule has 1 unspecified atom stereocenters. The lowest BCUT2D eigenvalue weighted by atomic mass is 10.2. The molecule has 1 atom stereocenters. The predicted octanol–water partition coefficient (Wildman–Crippen LogP) is 4.73. The van der Waals surface area contributed by atoms with Crippen molar-refractivity contribution in [3.8, 4) is 11.5 Å². The lowest BCUT2D eigenvalue weighted by Crippen LogP contribution is -2.30. The molecule has 0 spiro atoms. The third-order valence-electron chi connectivity index (χ3n) is 3.51. The van der Waals surface area contributed by atoms with Gasteiger partial charge in [0.05, 0.1) is 17.3 Å². The Bertz CT molecular complexity index is 767. The van der Waals surface area contributed by atoms with E-state index in [1.807, 2.05) is 19.1 Å². The minimum absolute atomic E-state index is 0.323. The molecular weight excluding hydrogens is 377 g/mol. The van der Waals surface area contributed by atoms with Gasteiger partial charge in [0.15, 0.2) is 6.10 Å². The molecule has 5 nitrogen and oxygen atoms in total. The lowest BCUT2D eigenvalue weighted by molar-refractivity contribution is -0.122. The van der Waals surface area contributed by atoms with Crippen LogP contribution in [0.3, 0.4) is 0 Å². The Hall–Kier alpha value is -1.95. The molecule has 0 aromatic heterocycles. The first-order valence-corrected chi connectivity index (χ1v) is 8.81. The number of ether oxygens (including phenoxy) is 3. The SMILES string of the molecule is COCCOc1cc(C)ccc1NC(=O)C(C)Oc1ccc(Cl)cc1Cl. The van der Waals surface area contributed by atoms with Gasteiger partial charge >= 0.3 is 0 Å². The van der Waals surface area contributed by atoms with Gasteiger partial charge in [0.25, 0.3) is 5.91 Å². The van der Waals surface area contributed by atoms with Gasteiger partial charge in [-0.15, -0.1) is 0 Å². The van der Waals surface area contributed by atoms with Crippen molar-refractivity contribution in [2.24, 2.45) is 0 Å². The quantitative estimate of drug-likeness (QED) is 0.653. The van der Waals surface area contributed by atoms with Crippen LogP contribution in [0.5, 0.6) is 11.5 Å². The minimum Gasteiger partial charge on any atom is -0.489 e. The molecule has 0 heterocycles. The van der Waals surface area contributed by atoms with Gasteiger partial charge in [-0.05, 0) is 49.7 Å². The third kappa shape index (κ3) is 5.80. The number of carbonyl (C=O) groups excluding carboxylic acids is 1. The maximum absolute atomic E-state index is 12.5. The van der Waals surface area contributed by atoms with Crippen LogP contribution in [0.4, 0.5) is 5.69 Å². The number of anilines is 1. The number of nitrogens with one attached hydrogen (secondary N) is 1. The average molecular weight is 398 g/mol. The topological polar surface area (TPSA) is 56.8 Å². The molecule has 0 aliphatic heterocycles. The highest BCUT2D eigenvalue weighted by molar-refractivity contribution is 6.35. The molecule has 0 bridgehead atoms. The fourth-order valence-corrected chi connectivity index (χ4v) is 2.59. The van der Waals surface area contributed by atoms with E-state index in [0.29, 0.717) is 40.4 Å². The van der Waals surface area contributed by atoms with Crippen LogP contribution in [-0.4, -0.2) is 32.3 Å². The summed E-state index contributed by atoms with van der Waals surface area (Å²) in [5, 5.41) is 3.66. The molecule has 0 fully saturated rings. The first-order valence-electron chi connectivity index (χ1n) is 8.05. The van der Waals surface area contributed by atoms with E-state index in [1.165, 1.54) is 0 Å². The van der Waals surface area contributed by atoms with E-state index in [-0.39, 0.29) is 5.91 Å². The van der Waals surface area contributed by atoms with Crippen LogP contribution in [-0.2, 0) is 9.53 Å². The van der Waals surface area contributed by atoms with Crippen molar-refractivity contribution in [3.05, 3.63) is 52.0 Å². The number of hydrogen-bond donors (Lipinski definition) is 1. The van der Waals surface area contributed by atoms with Crippen molar-refractivity contribution < 1.29 is 19.0 Å². The highest BCUT2D eigenvalue weighted by atomic mass is 35.5. The van der Waals surface area contributed by atoms with E-state index >= 15 is 0 Å². The first-order chi connectivity index (χ1) is 12.4. The smallest absolute Gasteiger partial charge is 0.265 e. The third-order valence-corrected chi connectivity index (χ3v) is 4.04. The van der Waals surface area contributed by atoms with Crippen LogP contribution >= 0.6 is 23.2 Å². The fourth-order valence-electron chi connectivity index (χ4n) is 2.14. The van der Waals surface area contributed by atoms with Crippen molar-refractivity contribution in [2.45, 2.75) is 20.0 Å². The van der Waals surface area contributed by atoms with E-state index in [2.05, 4.69) is 5.32 Å². The molecule has 0 aliphatic carbocycles. The molecule has 7 heteroatoms. The molecule has 140 valence electrons. The Morgan fingerprint density at radius 3 is 2.58 bits per heavy atom. The van der Waals surface area contributed by atoms with Crippen molar-refractivity contribution in [2.75, 3.05) is 25.6 Å². The van der Waals surface area contributed by atoms with Crippen molar-refractivity contribution in [1.29, 1.82) is 0 Å². The van der Waals surface area contributed by atoms with Crippen LogP contribution in [0.25, 0.3) is 0 Å². The van der Waals surface area contributed by atoms with E-state index in [9.17, 15) is 4.79 Å². The number of hydrogen-bond acceptors (Lipinski definition) is 4. The van der Waals surface area contributed by atoms with E-state index in [0.717, 1.165) is 5.56 Å². The fraction of sp³-hybridized carbons (Fsp3) is 0.316. The van der Waals surface area contributed by atoms with Gasteiger partial charge < -0.3 is 19.5 Å². The van der Waals surface area contributed by atoms with Crippen molar-refractivity contribution in [1.82, 2.24) is 0 Å². The van der Waals surface area contributed by atoms with E-state index in [1.54, 1.807) is 38.3 Å². The van der Waals surface area contributed by atoms with Crippen molar-refractivity contribution in [3.63, 3.8) is 0 Å². The summed E-state index contributed by atoms with van der Waals surface area (Å²) in [7, 11) is 1.60. The van der Waals surface area contributed by atoms with Crippen LogP contribution < -0.4 is 14.8 Å². The molecule has 0 aliphatic rings. The van der Waals surface area contributed by atoms with Crippen LogP contribution in [0.15, 0.2) is 36.4 Å². The standard InChI is InChI=1S/C19H21Cl2NO4/c1-12-4-6-16(18(10-12)25-9-8-24-3)22-19(23)13(2)26-17-7-5-14(20)11-15(17)21/h4-7,10-11,13H,8-9H2,1-3H3,(H,22,23). The van der Waals surface area contributed by atoms with Gasteiger partial charge in [-0.1, -0.05) is 29.3 Å². The monoisotopic (exact) mass is 397 g/mol. The molecule has 0 saturated carbocycles. The summed E-state index contributed by atoms with van der Waals surface area (Å²) in [5.41, 5.74) is 1.59. The average Bonchev–Trinajstić information content (AvgIpc) is 2.59. The highest BCUT2D eigenvalue weighted by Crippen LogP contribution is 2.29. The van der Waals surface area contributed by atoms with Crippen LogP contribution in [0.2, 0.25) is 10.0 Å². The van der Waals surface area contributed by atoms with Gasteiger partial charge in [-0.2, -0.15) is 0 Å². The Morgan fingerprint density at radius 1 is 1.12 bits per heavy atom. The maximum Gasteiger partial charge on any atom is 0.265 e. The molecule has 2 aromatic carbocycles. The molecule has 2 aromatic rings. The zero-order chi connectivity index (χ0) is 19.1. The van der Waals surface area contributed by atoms with Crippen LogP contribution in [0, 0.1) is 6.92 Å². The minimum atomic E-state index is -0.762. The Balaban J connectivity index is 2.06. The number of methoxy groups -OCH3 is 1. The second-order valence-electron chi connectivity index (χ2n) is 5.66. The summed E-state index contributed by atoms with van der Waals surface area (Å²) in [5.74, 6) is 0.641. The summed E-state index contributed by atoms with van der Waals surface area (Å²) in [6.07, 6.45) is -0.762. The molecule has 26 heavy (non-hydrogen) atoms. The molecule has 1 N–H and O–H groups in total. The number of amides is 1. The van der Waals surface area contributed by atoms with Crippen LogP contribution in [0.1, 0.15) is 12.5 Å². The molecule has 1 amide bonds. The zero-order valence-electron chi connectivity index (χ0n) is 14.8. The van der Waals surface area contributed by atoms with E-state index < -0.39 is 6.10 Å². The second kappa shape index (κ2) is 9.67. The Kier molecular flexibility index (Phi) is 7.57. The van der Waals surface area contributed by atoms with Gasteiger partial charge in [0, 0.05) is 12.1 Å². The summed E-state index contributed by atoms with van der Waals surface area (Å²) >= 11 is 11.9. The Morgan fingerprint density at radius 2 is 1.88 bits per heavy atom. The summed E-state index contributed by atoms with van der Waals surface area (Å²) in [6.45, 7) is 4.42. The molecule has 2 rings (SSSR count). The first kappa shape index (κ1) is 20.4. The largest absolute Gasteiger partial charge is 0.489 e. The molecule has 0 radical (unpaired) electrons. The Labute approximate surface area is 163 Å². The predicted molar refractivity (Wildman–Crippen MR) is 104 cm³/mol. The molecular formula is C19H21Cl2NO4. The summed E-state index contributed by atoms with van der Waals surface area (Å²) in [6, 6.07) is 10.4. The number of halogens is 2. The normalized spacial score (nSPS) is 11.7. The van der Waals surface area contributed by atoms with Gasteiger partial charge in [-0.25, -0.2) is 0 Å². The van der Waals surface area contributed by atoms with E-state index in [4.69, 9.17) is 37.4 Å². The number of carbonyl (C=O) groups is 1. The summed E-state index contributed by atoms with van der Waals surface area (Å²) < 4.78 is 16.3. The molecule has 0 saturated heterocycles. The number of rotatable bonds is 8. The second-order valence-corrected chi connectivity index (χ2v) is 6.51. The van der Waals surface area contributed by atoms with Gasteiger partial charge in [-0.3, -0.25) is 4.79 Å².